The minimum Gasteiger partial charge on any atom is -0.508 e. The topological polar surface area (TPSA) is 49.3 Å². The molecule has 2 N–H and O–H groups in total. The molecule has 1 amide bonds. The molecular formula is C21H24ClNO2. The van der Waals surface area contributed by atoms with Crippen LogP contribution < -0.4 is 5.32 Å². The van der Waals surface area contributed by atoms with E-state index in [2.05, 4.69) is 5.32 Å². The van der Waals surface area contributed by atoms with Crippen molar-refractivity contribution in [2.24, 2.45) is 0 Å². The molecule has 0 bridgehead atoms. The fourth-order valence-electron chi connectivity index (χ4n) is 3.62. The second kappa shape index (κ2) is 8.39. The largest absolute Gasteiger partial charge is 0.508 e. The minimum absolute atomic E-state index is 0.0279. The third-order valence-corrected chi connectivity index (χ3v) is 5.16. The highest BCUT2D eigenvalue weighted by molar-refractivity contribution is 6.30. The van der Waals surface area contributed by atoms with Crippen LogP contribution >= 0.6 is 11.6 Å². The molecule has 1 saturated carbocycles. The Kier molecular flexibility index (Phi) is 5.98. The third kappa shape index (κ3) is 4.76. The number of aromatic hydroxyl groups is 1. The molecule has 1 aliphatic rings. The highest BCUT2D eigenvalue weighted by atomic mass is 35.5. The van der Waals surface area contributed by atoms with Crippen LogP contribution in [0.3, 0.4) is 0 Å². The first-order chi connectivity index (χ1) is 12.1. The minimum atomic E-state index is -0.219. The molecule has 0 aromatic heterocycles. The van der Waals surface area contributed by atoms with Crippen molar-refractivity contribution in [1.82, 2.24) is 5.32 Å². The number of carbonyl (C=O) groups is 1. The maximum atomic E-state index is 12.6. The number of carbonyl (C=O) groups excluding carboxylic acids is 1. The molecular weight excluding hydrogens is 334 g/mol. The SMILES string of the molecule is O=C(C[C@@H](c1ccccc1)c1cc(Cl)ccc1O)NC1CCCCC1. The van der Waals surface area contributed by atoms with Gasteiger partial charge in [-0.15, -0.1) is 0 Å². The molecule has 2 aromatic rings. The molecule has 25 heavy (non-hydrogen) atoms. The van der Waals surface area contributed by atoms with Crippen molar-refractivity contribution < 1.29 is 9.90 Å². The number of amides is 1. The van der Waals surface area contributed by atoms with Gasteiger partial charge in [-0.05, 0) is 36.6 Å². The Morgan fingerprint density at radius 2 is 1.84 bits per heavy atom. The van der Waals surface area contributed by atoms with Gasteiger partial charge in [-0.3, -0.25) is 4.79 Å². The second-order valence-corrected chi connectivity index (χ2v) is 7.21. The summed E-state index contributed by atoms with van der Waals surface area (Å²) in [6.45, 7) is 0. The Labute approximate surface area is 154 Å². The Morgan fingerprint density at radius 1 is 1.12 bits per heavy atom. The van der Waals surface area contributed by atoms with E-state index in [0.29, 0.717) is 17.0 Å². The van der Waals surface area contributed by atoms with Gasteiger partial charge < -0.3 is 10.4 Å². The van der Waals surface area contributed by atoms with E-state index in [1.54, 1.807) is 18.2 Å². The van der Waals surface area contributed by atoms with Crippen LogP contribution in [0.2, 0.25) is 5.02 Å². The van der Waals surface area contributed by atoms with Gasteiger partial charge in [0.15, 0.2) is 0 Å². The first-order valence-electron chi connectivity index (χ1n) is 8.96. The maximum absolute atomic E-state index is 12.6. The summed E-state index contributed by atoms with van der Waals surface area (Å²) in [5, 5.41) is 14.0. The van der Waals surface area contributed by atoms with Crippen molar-refractivity contribution in [3.05, 3.63) is 64.7 Å². The van der Waals surface area contributed by atoms with E-state index in [9.17, 15) is 9.90 Å². The van der Waals surface area contributed by atoms with Crippen LogP contribution in [-0.2, 0) is 4.79 Å². The van der Waals surface area contributed by atoms with Gasteiger partial charge in [0.1, 0.15) is 5.75 Å². The lowest BCUT2D eigenvalue weighted by Gasteiger charge is -2.25. The number of halogens is 1. The molecule has 1 atom stereocenters. The van der Waals surface area contributed by atoms with E-state index >= 15 is 0 Å². The molecule has 2 aromatic carbocycles. The molecule has 0 saturated heterocycles. The van der Waals surface area contributed by atoms with Gasteiger partial charge in [0.25, 0.3) is 0 Å². The molecule has 132 valence electrons. The summed E-state index contributed by atoms with van der Waals surface area (Å²) in [6.07, 6.45) is 6.04. The quantitative estimate of drug-likeness (QED) is 0.789. The standard InChI is InChI=1S/C21H24ClNO2/c22-16-11-12-20(24)19(13-16)18(15-7-3-1-4-8-15)14-21(25)23-17-9-5-2-6-10-17/h1,3-4,7-8,11-13,17-18,24H,2,5-6,9-10,14H2,(H,23,25)/t18-/m0/s1. The summed E-state index contributed by atoms with van der Waals surface area (Å²) in [5.74, 6) is -0.0210. The molecule has 0 aliphatic heterocycles. The summed E-state index contributed by atoms with van der Waals surface area (Å²) in [6, 6.07) is 15.1. The predicted octanol–water partition coefficient (Wildman–Crippen LogP) is 5.02. The summed E-state index contributed by atoms with van der Waals surface area (Å²) >= 11 is 6.13. The summed E-state index contributed by atoms with van der Waals surface area (Å²) in [5.41, 5.74) is 1.69. The lowest BCUT2D eigenvalue weighted by molar-refractivity contribution is -0.122. The normalized spacial score (nSPS) is 16.4. The van der Waals surface area contributed by atoms with Gasteiger partial charge in [-0.1, -0.05) is 61.2 Å². The molecule has 0 spiro atoms. The summed E-state index contributed by atoms with van der Waals surface area (Å²) in [7, 11) is 0. The van der Waals surface area contributed by atoms with Crippen LogP contribution in [0, 0.1) is 0 Å². The number of nitrogens with one attached hydrogen (secondary N) is 1. The molecule has 0 radical (unpaired) electrons. The molecule has 1 aliphatic carbocycles. The van der Waals surface area contributed by atoms with E-state index in [0.717, 1.165) is 18.4 Å². The highest BCUT2D eigenvalue weighted by Gasteiger charge is 2.23. The van der Waals surface area contributed by atoms with E-state index in [1.807, 2.05) is 30.3 Å². The Balaban J connectivity index is 1.81. The van der Waals surface area contributed by atoms with Crippen molar-refractivity contribution >= 4 is 17.5 Å². The Bertz CT molecular complexity index is 711. The van der Waals surface area contributed by atoms with Crippen LogP contribution in [0.1, 0.15) is 55.6 Å². The van der Waals surface area contributed by atoms with E-state index in [-0.39, 0.29) is 23.6 Å². The zero-order chi connectivity index (χ0) is 17.6. The van der Waals surface area contributed by atoms with E-state index < -0.39 is 0 Å². The van der Waals surface area contributed by atoms with Crippen molar-refractivity contribution in [2.45, 2.75) is 50.5 Å². The second-order valence-electron chi connectivity index (χ2n) is 6.77. The molecule has 1 fully saturated rings. The number of benzene rings is 2. The summed E-state index contributed by atoms with van der Waals surface area (Å²) < 4.78 is 0. The van der Waals surface area contributed by atoms with Crippen molar-refractivity contribution in [1.29, 1.82) is 0 Å². The van der Waals surface area contributed by atoms with Crippen LogP contribution in [0.4, 0.5) is 0 Å². The lowest BCUT2D eigenvalue weighted by Crippen LogP contribution is -2.36. The molecule has 3 nitrogen and oxygen atoms in total. The maximum Gasteiger partial charge on any atom is 0.221 e. The van der Waals surface area contributed by atoms with Gasteiger partial charge in [0, 0.05) is 29.0 Å². The van der Waals surface area contributed by atoms with E-state index in [1.165, 1.54) is 19.3 Å². The van der Waals surface area contributed by atoms with Crippen LogP contribution in [-0.4, -0.2) is 17.1 Å². The van der Waals surface area contributed by atoms with E-state index in [4.69, 9.17) is 11.6 Å². The Hall–Kier alpha value is -2.00. The number of hydrogen-bond acceptors (Lipinski definition) is 2. The molecule has 3 rings (SSSR count). The summed E-state index contributed by atoms with van der Waals surface area (Å²) in [4.78, 5) is 12.6. The number of phenolic OH excluding ortho intramolecular Hbond substituents is 1. The van der Waals surface area contributed by atoms with Crippen LogP contribution in [0.5, 0.6) is 5.75 Å². The van der Waals surface area contributed by atoms with Crippen molar-refractivity contribution in [2.75, 3.05) is 0 Å². The number of hydrogen-bond donors (Lipinski definition) is 2. The average Bonchev–Trinajstić information content (AvgIpc) is 2.63. The zero-order valence-electron chi connectivity index (χ0n) is 14.2. The smallest absolute Gasteiger partial charge is 0.221 e. The highest BCUT2D eigenvalue weighted by Crippen LogP contribution is 2.35. The monoisotopic (exact) mass is 357 g/mol. The van der Waals surface area contributed by atoms with Gasteiger partial charge in [-0.25, -0.2) is 0 Å². The Morgan fingerprint density at radius 3 is 2.56 bits per heavy atom. The lowest BCUT2D eigenvalue weighted by atomic mass is 9.87. The van der Waals surface area contributed by atoms with Gasteiger partial charge in [0.05, 0.1) is 0 Å². The number of phenols is 1. The fraction of sp³-hybridized carbons (Fsp3) is 0.381. The molecule has 0 unspecified atom stereocenters. The zero-order valence-corrected chi connectivity index (χ0v) is 15.0. The molecule has 4 heteroatoms. The first kappa shape index (κ1) is 17.8. The molecule has 0 heterocycles. The number of rotatable bonds is 5. The average molecular weight is 358 g/mol. The van der Waals surface area contributed by atoms with Gasteiger partial charge in [0.2, 0.25) is 5.91 Å². The van der Waals surface area contributed by atoms with Gasteiger partial charge in [-0.2, -0.15) is 0 Å². The third-order valence-electron chi connectivity index (χ3n) is 4.93. The van der Waals surface area contributed by atoms with Crippen LogP contribution in [0.15, 0.2) is 48.5 Å². The predicted molar refractivity (Wildman–Crippen MR) is 101 cm³/mol. The fourth-order valence-corrected chi connectivity index (χ4v) is 3.80. The van der Waals surface area contributed by atoms with Crippen LogP contribution in [0.25, 0.3) is 0 Å². The van der Waals surface area contributed by atoms with Crippen molar-refractivity contribution in [3.63, 3.8) is 0 Å². The van der Waals surface area contributed by atoms with Gasteiger partial charge >= 0.3 is 0 Å². The first-order valence-corrected chi connectivity index (χ1v) is 9.34. The van der Waals surface area contributed by atoms with Crippen molar-refractivity contribution in [3.8, 4) is 5.75 Å².